The lowest BCUT2D eigenvalue weighted by molar-refractivity contribution is -0.112. The van der Waals surface area contributed by atoms with Crippen LogP contribution in [0.5, 0.6) is 0 Å². The molecule has 0 aliphatic carbocycles. The molecule has 0 bridgehead atoms. The third kappa shape index (κ3) is 3.74. The van der Waals surface area contributed by atoms with Crippen LogP contribution < -0.4 is 5.32 Å². The first-order valence-corrected chi connectivity index (χ1v) is 10.1. The summed E-state index contributed by atoms with van der Waals surface area (Å²) in [7, 11) is -1.54. The molecule has 1 aromatic carbocycles. The lowest BCUT2D eigenvalue weighted by Crippen LogP contribution is -2.46. The van der Waals surface area contributed by atoms with Gasteiger partial charge in [0.2, 0.25) is 10.0 Å². The number of fused-ring (bicyclic) bond motifs is 1. The van der Waals surface area contributed by atoms with E-state index in [1.54, 1.807) is 25.1 Å². The van der Waals surface area contributed by atoms with Gasteiger partial charge in [-0.25, -0.2) is 13.4 Å². The van der Waals surface area contributed by atoms with Crippen molar-refractivity contribution in [2.75, 3.05) is 38.5 Å². The van der Waals surface area contributed by atoms with Gasteiger partial charge in [-0.2, -0.15) is 4.31 Å². The largest absolute Gasteiger partial charge is 0.304 e. The number of sulfonamides is 1. The van der Waals surface area contributed by atoms with Crippen molar-refractivity contribution in [3.8, 4) is 0 Å². The number of piperazine rings is 1. The van der Waals surface area contributed by atoms with E-state index in [0.29, 0.717) is 34.0 Å². The Balaban J connectivity index is 1.88. The summed E-state index contributed by atoms with van der Waals surface area (Å²) in [5.41, 5.74) is 1.04. The van der Waals surface area contributed by atoms with Gasteiger partial charge in [0.25, 0.3) is 5.91 Å². The molecule has 3 rings (SSSR count). The van der Waals surface area contributed by atoms with E-state index in [-0.39, 0.29) is 10.8 Å². The highest BCUT2D eigenvalue weighted by Gasteiger charge is 2.27. The van der Waals surface area contributed by atoms with Gasteiger partial charge in [0.15, 0.2) is 5.13 Å². The summed E-state index contributed by atoms with van der Waals surface area (Å²) in [4.78, 5) is 18.4. The molecule has 0 saturated carbocycles. The van der Waals surface area contributed by atoms with Crippen molar-refractivity contribution in [2.24, 2.45) is 0 Å². The van der Waals surface area contributed by atoms with Crippen LogP contribution in [0.4, 0.5) is 5.13 Å². The molecular formula is C16H20N4O3S2. The monoisotopic (exact) mass is 380 g/mol. The maximum absolute atomic E-state index is 12.8. The third-order valence-electron chi connectivity index (χ3n) is 4.07. The molecule has 0 spiro atoms. The summed E-state index contributed by atoms with van der Waals surface area (Å²) in [6.45, 7) is 7.61. The highest BCUT2D eigenvalue weighted by molar-refractivity contribution is 7.89. The number of carbonyl (C=O) groups excluding carboxylic acids is 1. The second kappa shape index (κ2) is 6.83. The van der Waals surface area contributed by atoms with E-state index < -0.39 is 10.0 Å². The molecule has 1 fully saturated rings. The third-order valence-corrected chi connectivity index (χ3v) is 6.90. The molecule has 1 aromatic heterocycles. The van der Waals surface area contributed by atoms with E-state index in [9.17, 15) is 13.2 Å². The number of likely N-dealkylation sites (N-methyl/N-ethyl adjacent to an activating group) is 1. The van der Waals surface area contributed by atoms with Crippen LogP contribution >= 0.6 is 11.3 Å². The number of nitrogens with zero attached hydrogens (tertiary/aromatic N) is 3. The van der Waals surface area contributed by atoms with Crippen LogP contribution in [0.15, 0.2) is 35.2 Å². The Labute approximate surface area is 151 Å². The summed E-state index contributed by atoms with van der Waals surface area (Å²) in [6, 6.07) is 4.86. The normalized spacial score (nSPS) is 16.9. The van der Waals surface area contributed by atoms with Crippen LogP contribution in [-0.2, 0) is 14.8 Å². The van der Waals surface area contributed by atoms with E-state index in [4.69, 9.17) is 0 Å². The quantitative estimate of drug-likeness (QED) is 0.817. The molecule has 0 unspecified atom stereocenters. The summed E-state index contributed by atoms with van der Waals surface area (Å²) in [5, 5.41) is 3.09. The van der Waals surface area contributed by atoms with Gasteiger partial charge >= 0.3 is 0 Å². The van der Waals surface area contributed by atoms with Gasteiger partial charge in [0, 0.05) is 31.8 Å². The fourth-order valence-corrected chi connectivity index (χ4v) is 4.92. The van der Waals surface area contributed by atoms with Gasteiger partial charge in [-0.15, -0.1) is 0 Å². The van der Waals surface area contributed by atoms with Gasteiger partial charge in [-0.3, -0.25) is 10.1 Å². The number of nitrogens with one attached hydrogen (secondary N) is 1. The first kappa shape index (κ1) is 18.0. The van der Waals surface area contributed by atoms with E-state index >= 15 is 0 Å². The average molecular weight is 380 g/mol. The summed E-state index contributed by atoms with van der Waals surface area (Å²) < 4.78 is 27.9. The summed E-state index contributed by atoms with van der Waals surface area (Å²) in [5.74, 6) is -0.302. The number of anilines is 1. The van der Waals surface area contributed by atoms with E-state index in [1.165, 1.54) is 15.6 Å². The first-order chi connectivity index (χ1) is 11.8. The van der Waals surface area contributed by atoms with Crippen molar-refractivity contribution >= 4 is 42.6 Å². The molecule has 134 valence electrons. The van der Waals surface area contributed by atoms with Gasteiger partial charge in [0.05, 0.1) is 15.1 Å². The summed E-state index contributed by atoms with van der Waals surface area (Å²) in [6.07, 6.45) is 0. The number of hydrogen-bond acceptors (Lipinski definition) is 6. The smallest absolute Gasteiger partial charge is 0.252 e. The Bertz CT molecular complexity index is 928. The maximum Gasteiger partial charge on any atom is 0.252 e. The lowest BCUT2D eigenvalue weighted by atomic mass is 10.3. The van der Waals surface area contributed by atoms with Gasteiger partial charge in [-0.1, -0.05) is 17.9 Å². The predicted molar refractivity (Wildman–Crippen MR) is 99.3 cm³/mol. The second-order valence-electron chi connectivity index (χ2n) is 6.09. The zero-order valence-corrected chi connectivity index (χ0v) is 15.8. The first-order valence-electron chi connectivity index (χ1n) is 7.83. The Kier molecular flexibility index (Phi) is 4.92. The number of benzene rings is 1. The van der Waals surface area contributed by atoms with Crippen molar-refractivity contribution in [2.45, 2.75) is 11.8 Å². The molecule has 1 aliphatic rings. The minimum atomic E-state index is -3.52. The van der Waals surface area contributed by atoms with Crippen LogP contribution in [0.1, 0.15) is 6.92 Å². The SMILES string of the molecule is C=C(C)C(=O)Nc1nc2ccc(S(=O)(=O)N3CCN(C)CC3)cc2s1. The van der Waals surface area contributed by atoms with E-state index in [1.807, 2.05) is 7.05 Å². The highest BCUT2D eigenvalue weighted by atomic mass is 32.2. The second-order valence-corrected chi connectivity index (χ2v) is 9.06. The standard InChI is InChI=1S/C16H20N4O3S2/c1-11(2)15(21)18-16-17-13-5-4-12(10-14(13)24-16)25(22,23)20-8-6-19(3)7-9-20/h4-5,10H,1,6-9H2,2-3H3,(H,17,18,21). The van der Waals surface area contributed by atoms with E-state index in [2.05, 4.69) is 21.8 Å². The van der Waals surface area contributed by atoms with Crippen LogP contribution in [0.3, 0.4) is 0 Å². The molecule has 0 atom stereocenters. The molecule has 1 amide bonds. The fourth-order valence-electron chi connectivity index (χ4n) is 2.50. The number of hydrogen-bond donors (Lipinski definition) is 1. The minimum Gasteiger partial charge on any atom is -0.304 e. The molecule has 2 aromatic rings. The number of aromatic nitrogens is 1. The number of amides is 1. The number of carbonyl (C=O) groups is 1. The average Bonchev–Trinajstić information content (AvgIpc) is 2.96. The van der Waals surface area contributed by atoms with Gasteiger partial charge < -0.3 is 4.90 Å². The Morgan fingerprint density at radius 3 is 2.60 bits per heavy atom. The molecular weight excluding hydrogens is 360 g/mol. The van der Waals surface area contributed by atoms with Gasteiger partial charge in [0.1, 0.15) is 0 Å². The van der Waals surface area contributed by atoms with Gasteiger partial charge in [-0.05, 0) is 32.2 Å². The highest BCUT2D eigenvalue weighted by Crippen LogP contribution is 2.29. The van der Waals surface area contributed by atoms with Crippen LogP contribution in [0, 0.1) is 0 Å². The fraction of sp³-hybridized carbons (Fsp3) is 0.375. The van der Waals surface area contributed by atoms with Crippen LogP contribution in [0.25, 0.3) is 10.2 Å². The molecule has 1 aliphatic heterocycles. The van der Waals surface area contributed by atoms with Crippen molar-refractivity contribution < 1.29 is 13.2 Å². The maximum atomic E-state index is 12.8. The van der Waals surface area contributed by atoms with Crippen molar-refractivity contribution in [3.63, 3.8) is 0 Å². The molecule has 2 heterocycles. The topological polar surface area (TPSA) is 82.6 Å². The Morgan fingerprint density at radius 2 is 1.96 bits per heavy atom. The van der Waals surface area contributed by atoms with Crippen molar-refractivity contribution in [3.05, 3.63) is 30.4 Å². The molecule has 0 radical (unpaired) electrons. The number of thiazole rings is 1. The molecule has 7 nitrogen and oxygen atoms in total. The Morgan fingerprint density at radius 1 is 1.28 bits per heavy atom. The Hall–Kier alpha value is -1.81. The number of rotatable bonds is 4. The predicted octanol–water partition coefficient (Wildman–Crippen LogP) is 1.75. The minimum absolute atomic E-state index is 0.256. The van der Waals surface area contributed by atoms with E-state index in [0.717, 1.165) is 13.1 Å². The van der Waals surface area contributed by atoms with Crippen molar-refractivity contribution in [1.29, 1.82) is 0 Å². The molecule has 1 N–H and O–H groups in total. The summed E-state index contributed by atoms with van der Waals surface area (Å²) >= 11 is 1.24. The zero-order valence-electron chi connectivity index (χ0n) is 14.2. The molecule has 1 saturated heterocycles. The lowest BCUT2D eigenvalue weighted by Gasteiger charge is -2.31. The van der Waals surface area contributed by atoms with Crippen LogP contribution in [-0.4, -0.2) is 61.7 Å². The zero-order chi connectivity index (χ0) is 18.2. The van der Waals surface area contributed by atoms with Crippen LogP contribution in [0.2, 0.25) is 0 Å². The molecule has 25 heavy (non-hydrogen) atoms. The van der Waals surface area contributed by atoms with Crippen molar-refractivity contribution in [1.82, 2.24) is 14.2 Å². The molecule has 9 heteroatoms.